The van der Waals surface area contributed by atoms with Crippen LogP contribution in [0, 0.1) is 12.8 Å². The average Bonchev–Trinajstić information content (AvgIpc) is 3.20. The molecule has 1 aromatic heterocycles. The third-order valence-corrected chi connectivity index (χ3v) is 5.49. The SMILES string of the molecule is Cc1nc(COc2ccc(Cl)cc2)sc1C(=O)N1CC[C@@H](CN)C1. The number of ether oxygens (including phenoxy) is 1. The summed E-state index contributed by atoms with van der Waals surface area (Å²) in [5, 5.41) is 1.46. The number of nitrogens with two attached hydrogens (primary N) is 1. The van der Waals surface area contributed by atoms with E-state index in [-0.39, 0.29) is 5.91 Å². The van der Waals surface area contributed by atoms with Crippen molar-refractivity contribution in [3.8, 4) is 5.75 Å². The first-order valence-corrected chi connectivity index (χ1v) is 9.10. The Labute approximate surface area is 150 Å². The zero-order valence-electron chi connectivity index (χ0n) is 13.5. The van der Waals surface area contributed by atoms with Crippen molar-refractivity contribution in [2.45, 2.75) is 20.0 Å². The molecule has 0 radical (unpaired) electrons. The van der Waals surface area contributed by atoms with Gasteiger partial charge < -0.3 is 15.4 Å². The van der Waals surface area contributed by atoms with Gasteiger partial charge in [-0.3, -0.25) is 4.79 Å². The Morgan fingerprint density at radius 1 is 1.46 bits per heavy atom. The van der Waals surface area contributed by atoms with E-state index < -0.39 is 0 Å². The highest BCUT2D eigenvalue weighted by molar-refractivity contribution is 7.13. The molecule has 0 unspecified atom stereocenters. The molecule has 2 aromatic rings. The number of rotatable bonds is 5. The number of aromatic nitrogens is 1. The summed E-state index contributed by atoms with van der Waals surface area (Å²) in [7, 11) is 0. The Kier molecular flexibility index (Phi) is 5.38. The molecule has 0 aliphatic carbocycles. The van der Waals surface area contributed by atoms with E-state index in [4.69, 9.17) is 22.1 Å². The number of thiazole rings is 1. The Balaban J connectivity index is 1.64. The van der Waals surface area contributed by atoms with Gasteiger partial charge in [0.25, 0.3) is 5.91 Å². The standard InChI is InChI=1S/C17H20ClN3O2S/c1-11-16(17(22)21-7-6-12(8-19)9-21)24-15(20-11)10-23-14-4-2-13(18)3-5-14/h2-5,12H,6-10,19H2,1H3/t12-/m0/s1. The minimum Gasteiger partial charge on any atom is -0.486 e. The van der Waals surface area contributed by atoms with Gasteiger partial charge in [0.15, 0.2) is 0 Å². The number of hydrogen-bond acceptors (Lipinski definition) is 5. The molecule has 24 heavy (non-hydrogen) atoms. The van der Waals surface area contributed by atoms with E-state index in [1.807, 2.05) is 24.0 Å². The molecule has 1 amide bonds. The van der Waals surface area contributed by atoms with E-state index in [0.29, 0.717) is 29.0 Å². The van der Waals surface area contributed by atoms with Crippen molar-refractivity contribution in [3.63, 3.8) is 0 Å². The normalized spacial score (nSPS) is 17.3. The van der Waals surface area contributed by atoms with Gasteiger partial charge in [0.2, 0.25) is 0 Å². The smallest absolute Gasteiger partial charge is 0.265 e. The third kappa shape index (κ3) is 3.88. The van der Waals surface area contributed by atoms with E-state index in [2.05, 4.69) is 4.98 Å². The predicted molar refractivity (Wildman–Crippen MR) is 95.7 cm³/mol. The van der Waals surface area contributed by atoms with Crippen LogP contribution in [0.5, 0.6) is 5.75 Å². The Hall–Kier alpha value is -1.63. The number of aryl methyl sites for hydroxylation is 1. The van der Waals surface area contributed by atoms with Gasteiger partial charge >= 0.3 is 0 Å². The van der Waals surface area contributed by atoms with Crippen LogP contribution in [0.4, 0.5) is 0 Å². The summed E-state index contributed by atoms with van der Waals surface area (Å²) in [6.07, 6.45) is 0.979. The maximum absolute atomic E-state index is 12.7. The molecule has 1 atom stereocenters. The Bertz CT molecular complexity index is 717. The summed E-state index contributed by atoms with van der Waals surface area (Å²) < 4.78 is 5.70. The largest absolute Gasteiger partial charge is 0.486 e. The molecule has 2 N–H and O–H groups in total. The number of carbonyl (C=O) groups excluding carboxylic acids is 1. The first-order valence-electron chi connectivity index (χ1n) is 7.91. The van der Waals surface area contributed by atoms with Gasteiger partial charge in [-0.2, -0.15) is 0 Å². The molecule has 1 aromatic carbocycles. The van der Waals surface area contributed by atoms with Crippen molar-refractivity contribution < 1.29 is 9.53 Å². The second kappa shape index (κ2) is 7.51. The molecule has 0 saturated carbocycles. The Morgan fingerprint density at radius 3 is 2.88 bits per heavy atom. The van der Waals surface area contributed by atoms with Crippen molar-refractivity contribution in [1.82, 2.24) is 9.88 Å². The fourth-order valence-electron chi connectivity index (χ4n) is 2.74. The van der Waals surface area contributed by atoms with Gasteiger partial charge in [0.05, 0.1) is 5.69 Å². The lowest BCUT2D eigenvalue weighted by Crippen LogP contribution is -2.29. The van der Waals surface area contributed by atoms with E-state index in [1.54, 1.807) is 12.1 Å². The van der Waals surface area contributed by atoms with Crippen molar-refractivity contribution in [2.24, 2.45) is 11.7 Å². The second-order valence-electron chi connectivity index (χ2n) is 5.91. The average molecular weight is 366 g/mol. The molecule has 3 rings (SSSR count). The van der Waals surface area contributed by atoms with Crippen molar-refractivity contribution in [3.05, 3.63) is 44.9 Å². The number of likely N-dealkylation sites (tertiary alicyclic amines) is 1. The molecule has 1 fully saturated rings. The monoisotopic (exact) mass is 365 g/mol. The highest BCUT2D eigenvalue weighted by Crippen LogP contribution is 2.25. The fourth-order valence-corrected chi connectivity index (χ4v) is 3.81. The first kappa shape index (κ1) is 17.2. The number of benzene rings is 1. The number of halogens is 1. The van der Waals surface area contributed by atoms with Gasteiger partial charge in [0, 0.05) is 18.1 Å². The van der Waals surface area contributed by atoms with Crippen LogP contribution in [-0.4, -0.2) is 35.4 Å². The number of hydrogen-bond donors (Lipinski definition) is 1. The molecule has 2 heterocycles. The van der Waals surface area contributed by atoms with Crippen molar-refractivity contribution >= 4 is 28.8 Å². The van der Waals surface area contributed by atoms with Crippen molar-refractivity contribution in [2.75, 3.05) is 19.6 Å². The van der Waals surface area contributed by atoms with Gasteiger partial charge in [0.1, 0.15) is 22.2 Å². The quantitative estimate of drug-likeness (QED) is 0.883. The van der Waals surface area contributed by atoms with Gasteiger partial charge in [-0.05, 0) is 50.1 Å². The van der Waals surface area contributed by atoms with Crippen LogP contribution < -0.4 is 10.5 Å². The predicted octanol–water partition coefficient (Wildman–Crippen LogP) is 3.10. The van der Waals surface area contributed by atoms with Gasteiger partial charge in [-0.1, -0.05) is 11.6 Å². The maximum atomic E-state index is 12.7. The fraction of sp³-hybridized carbons (Fsp3) is 0.412. The molecular weight excluding hydrogens is 346 g/mol. The molecule has 1 aliphatic rings. The van der Waals surface area contributed by atoms with Crippen LogP contribution in [0.15, 0.2) is 24.3 Å². The van der Waals surface area contributed by atoms with E-state index >= 15 is 0 Å². The van der Waals surface area contributed by atoms with Crippen LogP contribution >= 0.6 is 22.9 Å². The Morgan fingerprint density at radius 2 is 2.21 bits per heavy atom. The molecule has 0 bridgehead atoms. The second-order valence-corrected chi connectivity index (χ2v) is 7.43. The topological polar surface area (TPSA) is 68.5 Å². The molecule has 0 spiro atoms. The van der Waals surface area contributed by atoms with Crippen LogP contribution in [-0.2, 0) is 6.61 Å². The molecule has 7 heteroatoms. The summed E-state index contributed by atoms with van der Waals surface area (Å²) in [6, 6.07) is 7.18. The maximum Gasteiger partial charge on any atom is 0.265 e. The summed E-state index contributed by atoms with van der Waals surface area (Å²) >= 11 is 7.26. The lowest BCUT2D eigenvalue weighted by molar-refractivity contribution is 0.0791. The lowest BCUT2D eigenvalue weighted by Gasteiger charge is -2.15. The van der Waals surface area contributed by atoms with Crippen molar-refractivity contribution in [1.29, 1.82) is 0 Å². The van der Waals surface area contributed by atoms with E-state index in [0.717, 1.165) is 36.0 Å². The molecule has 1 saturated heterocycles. The van der Waals surface area contributed by atoms with Crippen LogP contribution in [0.3, 0.4) is 0 Å². The molecule has 128 valence electrons. The van der Waals surface area contributed by atoms with Crippen LogP contribution in [0.2, 0.25) is 5.02 Å². The van der Waals surface area contributed by atoms with E-state index in [1.165, 1.54) is 11.3 Å². The zero-order valence-corrected chi connectivity index (χ0v) is 15.1. The number of amides is 1. The van der Waals surface area contributed by atoms with Gasteiger partial charge in [-0.15, -0.1) is 11.3 Å². The first-order chi connectivity index (χ1) is 11.6. The number of carbonyl (C=O) groups is 1. The minimum absolute atomic E-state index is 0.0543. The highest BCUT2D eigenvalue weighted by atomic mass is 35.5. The summed E-state index contributed by atoms with van der Waals surface area (Å²) in [6.45, 7) is 4.35. The third-order valence-electron chi connectivity index (χ3n) is 4.12. The van der Waals surface area contributed by atoms with E-state index in [9.17, 15) is 4.79 Å². The summed E-state index contributed by atoms with van der Waals surface area (Å²) in [5.41, 5.74) is 6.46. The van der Waals surface area contributed by atoms with Gasteiger partial charge in [-0.25, -0.2) is 4.98 Å². The molecule has 1 aliphatic heterocycles. The molecular formula is C17H20ClN3O2S. The zero-order chi connectivity index (χ0) is 17.1. The summed E-state index contributed by atoms with van der Waals surface area (Å²) in [5.74, 6) is 1.19. The lowest BCUT2D eigenvalue weighted by atomic mass is 10.1. The number of nitrogens with zero attached hydrogens (tertiary/aromatic N) is 2. The van der Waals surface area contributed by atoms with Crippen LogP contribution in [0.1, 0.15) is 26.8 Å². The molecule has 5 nitrogen and oxygen atoms in total. The highest BCUT2D eigenvalue weighted by Gasteiger charge is 2.28. The summed E-state index contributed by atoms with van der Waals surface area (Å²) in [4.78, 5) is 19.7. The minimum atomic E-state index is 0.0543. The van der Waals surface area contributed by atoms with Crippen LogP contribution in [0.25, 0.3) is 0 Å².